The van der Waals surface area contributed by atoms with Gasteiger partial charge in [0, 0.05) is 17.5 Å². The first-order valence-electron chi connectivity index (χ1n) is 9.71. The number of carbonyl (C=O) groups excluding carboxylic acids is 2. The largest absolute Gasteiger partial charge is 0.493 e. The lowest BCUT2D eigenvalue weighted by atomic mass is 10.0. The molecule has 32 heavy (non-hydrogen) atoms. The number of nitrogens with one attached hydrogen (secondary N) is 2. The minimum absolute atomic E-state index is 0.0388. The first-order chi connectivity index (χ1) is 15.4. The summed E-state index contributed by atoms with van der Waals surface area (Å²) < 4.78 is 16.1. The van der Waals surface area contributed by atoms with E-state index in [2.05, 4.69) is 10.9 Å². The first kappa shape index (κ1) is 23.7. The van der Waals surface area contributed by atoms with Gasteiger partial charge in [-0.15, -0.1) is 11.8 Å². The number of halogens is 1. The molecule has 2 N–H and O–H groups in total. The van der Waals surface area contributed by atoms with Crippen LogP contribution in [-0.2, 0) is 14.3 Å². The van der Waals surface area contributed by atoms with Crippen molar-refractivity contribution in [1.82, 2.24) is 10.9 Å². The van der Waals surface area contributed by atoms with Crippen molar-refractivity contribution in [3.8, 4) is 11.5 Å². The summed E-state index contributed by atoms with van der Waals surface area (Å²) in [5, 5.41) is -0.209. The van der Waals surface area contributed by atoms with Crippen LogP contribution in [0, 0.1) is 0 Å². The van der Waals surface area contributed by atoms with Gasteiger partial charge in [-0.2, -0.15) is 0 Å². The second-order valence-corrected chi connectivity index (χ2v) is 8.62. The first-order valence-corrected chi connectivity index (χ1v) is 11.0. The molecule has 2 aromatic carbocycles. The van der Waals surface area contributed by atoms with Gasteiger partial charge in [-0.05, 0) is 29.8 Å². The second kappa shape index (κ2) is 10.6. The van der Waals surface area contributed by atoms with Crippen LogP contribution in [0.2, 0.25) is 5.02 Å². The van der Waals surface area contributed by atoms with Crippen molar-refractivity contribution in [2.75, 3.05) is 21.3 Å². The molecule has 1 aliphatic rings. The van der Waals surface area contributed by atoms with Crippen LogP contribution in [0.25, 0.3) is 0 Å². The Labute approximate surface area is 195 Å². The van der Waals surface area contributed by atoms with Crippen LogP contribution in [0.3, 0.4) is 0 Å². The fourth-order valence-corrected chi connectivity index (χ4v) is 4.99. The van der Waals surface area contributed by atoms with Gasteiger partial charge in [-0.1, -0.05) is 23.7 Å². The number of hydrogen-bond donors (Lipinski definition) is 2. The molecular formula is C22H24ClN3O5S. The van der Waals surface area contributed by atoms with E-state index < -0.39 is 11.2 Å². The van der Waals surface area contributed by atoms with Gasteiger partial charge in [0.25, 0.3) is 0 Å². The predicted molar refractivity (Wildman–Crippen MR) is 125 cm³/mol. The summed E-state index contributed by atoms with van der Waals surface area (Å²) in [5.74, 6) is 0.888. The molecule has 0 aliphatic carbocycles. The Morgan fingerprint density at radius 2 is 1.91 bits per heavy atom. The van der Waals surface area contributed by atoms with Crippen molar-refractivity contribution in [3.05, 3.63) is 52.5 Å². The number of hydrogen-bond acceptors (Lipinski definition) is 8. The number of amides is 1. The minimum Gasteiger partial charge on any atom is -0.493 e. The Kier molecular flexibility index (Phi) is 7.87. The van der Waals surface area contributed by atoms with E-state index in [-0.39, 0.29) is 17.6 Å². The zero-order valence-corrected chi connectivity index (χ0v) is 19.7. The van der Waals surface area contributed by atoms with Crippen molar-refractivity contribution >= 4 is 46.8 Å². The summed E-state index contributed by atoms with van der Waals surface area (Å²) in [6.07, 6.45) is 0.0388. The molecule has 0 unspecified atom stereocenters. The molecule has 2 atom stereocenters. The molecule has 0 spiro atoms. The van der Waals surface area contributed by atoms with E-state index in [1.165, 1.54) is 25.8 Å². The van der Waals surface area contributed by atoms with Crippen molar-refractivity contribution < 1.29 is 23.8 Å². The minimum atomic E-state index is -0.457. The van der Waals surface area contributed by atoms with Crippen LogP contribution in [0.5, 0.6) is 11.5 Å². The summed E-state index contributed by atoms with van der Waals surface area (Å²) in [6, 6.07) is 11.0. The number of hydrazine groups is 1. The average molecular weight is 478 g/mol. The smallest absolute Gasteiger partial charge is 0.307 e. The van der Waals surface area contributed by atoms with E-state index in [0.29, 0.717) is 28.0 Å². The van der Waals surface area contributed by atoms with Crippen LogP contribution < -0.4 is 20.3 Å². The lowest BCUT2D eigenvalue weighted by Gasteiger charge is -2.24. The molecule has 1 aliphatic heterocycles. The third kappa shape index (κ3) is 5.28. The zero-order chi connectivity index (χ0) is 23.3. The van der Waals surface area contributed by atoms with Crippen LogP contribution >= 0.6 is 23.4 Å². The zero-order valence-electron chi connectivity index (χ0n) is 18.1. The van der Waals surface area contributed by atoms with E-state index in [1.807, 2.05) is 24.3 Å². The summed E-state index contributed by atoms with van der Waals surface area (Å²) in [6.45, 7) is 1.38. The monoisotopic (exact) mass is 477 g/mol. The lowest BCUT2D eigenvalue weighted by molar-refractivity contribution is -0.140. The number of para-hydroxylation sites is 1. The van der Waals surface area contributed by atoms with Crippen molar-refractivity contribution in [3.63, 3.8) is 0 Å². The number of fused-ring (bicyclic) bond motifs is 1. The van der Waals surface area contributed by atoms with Crippen molar-refractivity contribution in [2.24, 2.45) is 4.99 Å². The Morgan fingerprint density at radius 3 is 2.56 bits per heavy atom. The molecule has 10 heteroatoms. The third-order valence-corrected chi connectivity index (χ3v) is 6.51. The molecule has 0 aromatic heterocycles. The van der Waals surface area contributed by atoms with Gasteiger partial charge in [0.2, 0.25) is 5.91 Å². The van der Waals surface area contributed by atoms with E-state index in [4.69, 9.17) is 30.8 Å². The van der Waals surface area contributed by atoms with Crippen LogP contribution in [-0.4, -0.2) is 44.3 Å². The van der Waals surface area contributed by atoms with Gasteiger partial charge in [0.05, 0.1) is 43.9 Å². The number of esters is 1. The van der Waals surface area contributed by atoms with Gasteiger partial charge in [0.1, 0.15) is 5.84 Å². The number of thioether (sulfide) groups is 1. The van der Waals surface area contributed by atoms with Gasteiger partial charge in [-0.3, -0.25) is 20.4 Å². The molecule has 2 aromatic rings. The number of methoxy groups -OCH3 is 3. The van der Waals surface area contributed by atoms with Gasteiger partial charge >= 0.3 is 5.97 Å². The van der Waals surface area contributed by atoms with Gasteiger partial charge in [-0.25, -0.2) is 4.99 Å². The maximum atomic E-state index is 12.2. The number of nitrogens with zero attached hydrogens (tertiary/aromatic N) is 1. The Bertz CT molecular complexity index is 1050. The SMILES string of the molecule is COC(=O)C[C@H]1S[C@H](c2cccc(OC)c2OC)c2cc(Cl)ccc2N=C1NNC(C)=O. The average Bonchev–Trinajstić information content (AvgIpc) is 2.93. The summed E-state index contributed by atoms with van der Waals surface area (Å²) in [4.78, 5) is 28.4. The Hall–Kier alpha value is -2.91. The summed E-state index contributed by atoms with van der Waals surface area (Å²) in [7, 11) is 4.48. The van der Waals surface area contributed by atoms with E-state index in [1.54, 1.807) is 26.4 Å². The summed E-state index contributed by atoms with van der Waals surface area (Å²) >= 11 is 7.81. The van der Waals surface area contributed by atoms with Crippen molar-refractivity contribution in [2.45, 2.75) is 23.8 Å². The quantitative estimate of drug-likeness (QED) is 0.499. The highest BCUT2D eigenvalue weighted by Crippen LogP contribution is 2.50. The molecule has 0 fully saturated rings. The molecule has 1 heterocycles. The van der Waals surface area contributed by atoms with Gasteiger partial charge < -0.3 is 14.2 Å². The van der Waals surface area contributed by atoms with Crippen molar-refractivity contribution in [1.29, 1.82) is 0 Å². The van der Waals surface area contributed by atoms with Crippen LogP contribution in [0.1, 0.15) is 29.7 Å². The highest BCUT2D eigenvalue weighted by atomic mass is 35.5. The number of carbonyl (C=O) groups is 2. The third-order valence-electron chi connectivity index (χ3n) is 4.78. The lowest BCUT2D eigenvalue weighted by Crippen LogP contribution is -2.45. The van der Waals surface area contributed by atoms with E-state index in [9.17, 15) is 9.59 Å². The van der Waals surface area contributed by atoms with Crippen LogP contribution in [0.15, 0.2) is 41.4 Å². The van der Waals surface area contributed by atoms with Gasteiger partial charge in [0.15, 0.2) is 11.5 Å². The molecule has 3 rings (SSSR count). The maximum Gasteiger partial charge on any atom is 0.307 e. The molecule has 8 nitrogen and oxygen atoms in total. The fraction of sp³-hybridized carbons (Fsp3) is 0.318. The van der Waals surface area contributed by atoms with Crippen LogP contribution in [0.4, 0.5) is 5.69 Å². The second-order valence-electron chi connectivity index (χ2n) is 6.87. The molecule has 0 radical (unpaired) electrons. The number of amidine groups is 1. The number of aliphatic imine (C=N–C) groups is 1. The number of benzene rings is 2. The highest BCUT2D eigenvalue weighted by Gasteiger charge is 2.33. The Balaban J connectivity index is 2.17. The normalized spacial score (nSPS) is 17.3. The molecule has 170 valence electrons. The predicted octanol–water partition coefficient (Wildman–Crippen LogP) is 3.80. The maximum absolute atomic E-state index is 12.2. The topological polar surface area (TPSA) is 98.2 Å². The number of rotatable bonds is 5. The summed E-state index contributed by atoms with van der Waals surface area (Å²) in [5.41, 5.74) is 7.72. The number of ether oxygens (including phenoxy) is 3. The van der Waals surface area contributed by atoms with E-state index >= 15 is 0 Å². The highest BCUT2D eigenvalue weighted by molar-refractivity contribution is 8.01. The molecule has 0 saturated heterocycles. The van der Waals surface area contributed by atoms with E-state index in [0.717, 1.165) is 11.1 Å². The standard InChI is InChI=1S/C22H24ClN3O5S/c1-12(27)25-26-22-18(11-19(28)30-3)32-21(15-10-13(23)8-9-16(15)24-22)14-6-5-7-17(29-2)20(14)31-4/h5-10,18,21H,11H2,1-4H3,(H,24,26)(H,25,27)/t18-,21-/m1/s1. The molecule has 0 saturated carbocycles. The Morgan fingerprint density at radius 1 is 1.12 bits per heavy atom. The molecule has 1 amide bonds. The fourth-order valence-electron chi connectivity index (χ4n) is 3.34. The molecule has 0 bridgehead atoms. The molecular weight excluding hydrogens is 454 g/mol.